The highest BCUT2D eigenvalue weighted by atomic mass is 16.4. The first-order valence-corrected chi connectivity index (χ1v) is 10.8. The van der Waals surface area contributed by atoms with Crippen LogP contribution in [-0.4, -0.2) is 46.3 Å². The van der Waals surface area contributed by atoms with Gasteiger partial charge in [-0.05, 0) is 51.3 Å². The van der Waals surface area contributed by atoms with Gasteiger partial charge in [0.1, 0.15) is 0 Å². The van der Waals surface area contributed by atoms with E-state index in [9.17, 15) is 4.79 Å². The number of piperidine rings is 2. The maximum absolute atomic E-state index is 12.6. The smallest absolute Gasteiger partial charge is 0.319 e. The summed E-state index contributed by atoms with van der Waals surface area (Å²) in [7, 11) is 2.21. The molecule has 2 N–H and O–H groups in total. The number of carbonyl (C=O) groups excluding carboxylic acids is 1. The van der Waals surface area contributed by atoms with Crippen molar-refractivity contribution in [1.29, 1.82) is 0 Å². The molecule has 2 bridgehead atoms. The number of primary amides is 1. The third kappa shape index (κ3) is 4.01. The molecule has 2 fully saturated rings. The van der Waals surface area contributed by atoms with Crippen LogP contribution in [0.4, 0.5) is 10.5 Å². The third-order valence-electron chi connectivity index (χ3n) is 6.52. The molecule has 0 saturated carbocycles. The summed E-state index contributed by atoms with van der Waals surface area (Å²) in [5, 5.41) is 8.44. The Kier molecular flexibility index (Phi) is 5.85. The van der Waals surface area contributed by atoms with Crippen molar-refractivity contribution in [2.45, 2.75) is 76.4 Å². The van der Waals surface area contributed by atoms with E-state index in [1.54, 1.807) is 4.90 Å². The zero-order valence-electron chi connectivity index (χ0n) is 17.4. The number of hydrogen-bond acceptors (Lipinski definition) is 5. The number of anilines is 1. The minimum atomic E-state index is -0.421. The summed E-state index contributed by atoms with van der Waals surface area (Å²) in [6.07, 6.45) is 8.36. The van der Waals surface area contributed by atoms with E-state index in [2.05, 4.69) is 29.1 Å². The second kappa shape index (κ2) is 8.53. The Balaban J connectivity index is 1.65. The number of nitrogens with two attached hydrogens (primary N) is 1. The van der Waals surface area contributed by atoms with E-state index in [0.29, 0.717) is 23.9 Å². The van der Waals surface area contributed by atoms with Gasteiger partial charge in [-0.3, -0.25) is 4.90 Å². The lowest BCUT2D eigenvalue weighted by Gasteiger charge is -2.49. The standard InChI is InChI=1S/C22H31N5O2/c1-3-4-12-20-24-25-21(29-20)18-10-5-6-11-19(18)27(22(23)28)17-13-15-8-7-9-16(14-17)26(15)2/h5-6,10-11,15-17H,3-4,7-9,12-14H2,1-2H3,(H2,23,28)/t15-,16+,17?. The number of unbranched alkanes of at least 4 members (excludes halogenated alkanes) is 1. The zero-order chi connectivity index (χ0) is 20.4. The highest BCUT2D eigenvalue weighted by molar-refractivity contribution is 5.95. The summed E-state index contributed by atoms with van der Waals surface area (Å²) in [5.74, 6) is 1.09. The van der Waals surface area contributed by atoms with Crippen molar-refractivity contribution in [2.75, 3.05) is 11.9 Å². The third-order valence-corrected chi connectivity index (χ3v) is 6.52. The second-order valence-electron chi connectivity index (χ2n) is 8.36. The second-order valence-corrected chi connectivity index (χ2v) is 8.36. The number of amides is 2. The summed E-state index contributed by atoms with van der Waals surface area (Å²) in [4.78, 5) is 16.9. The number of para-hydroxylation sites is 1. The number of carbonyl (C=O) groups is 1. The molecular weight excluding hydrogens is 366 g/mol. The Labute approximate surface area is 172 Å². The van der Waals surface area contributed by atoms with Crippen molar-refractivity contribution in [1.82, 2.24) is 15.1 Å². The van der Waals surface area contributed by atoms with E-state index in [0.717, 1.165) is 43.4 Å². The van der Waals surface area contributed by atoms with Crippen LogP contribution in [0.3, 0.4) is 0 Å². The number of aryl methyl sites for hydroxylation is 1. The highest BCUT2D eigenvalue weighted by Gasteiger charge is 2.40. The first-order chi connectivity index (χ1) is 14.1. The van der Waals surface area contributed by atoms with E-state index in [1.807, 2.05) is 24.3 Å². The van der Waals surface area contributed by atoms with Crippen molar-refractivity contribution in [3.05, 3.63) is 30.2 Å². The molecule has 1 aromatic heterocycles. The lowest BCUT2D eigenvalue weighted by atomic mass is 9.81. The lowest BCUT2D eigenvalue weighted by Crippen LogP contribution is -2.57. The summed E-state index contributed by atoms with van der Waals surface area (Å²) in [6.45, 7) is 2.13. The summed E-state index contributed by atoms with van der Waals surface area (Å²) < 4.78 is 5.91. The van der Waals surface area contributed by atoms with Gasteiger partial charge in [0, 0.05) is 24.5 Å². The molecular formula is C22H31N5O2. The average molecular weight is 398 g/mol. The minimum Gasteiger partial charge on any atom is -0.421 e. The first kappa shape index (κ1) is 19.9. The number of nitrogens with zero attached hydrogens (tertiary/aromatic N) is 4. The molecule has 0 radical (unpaired) electrons. The van der Waals surface area contributed by atoms with Crippen molar-refractivity contribution >= 4 is 11.7 Å². The van der Waals surface area contributed by atoms with Crippen LogP contribution in [0.2, 0.25) is 0 Å². The molecule has 156 valence electrons. The van der Waals surface area contributed by atoms with Crippen molar-refractivity contribution in [2.24, 2.45) is 5.73 Å². The summed E-state index contributed by atoms with van der Waals surface area (Å²) in [5.41, 5.74) is 7.44. The first-order valence-electron chi connectivity index (χ1n) is 10.8. The van der Waals surface area contributed by atoms with Gasteiger partial charge in [-0.15, -0.1) is 10.2 Å². The van der Waals surface area contributed by atoms with Gasteiger partial charge in [-0.1, -0.05) is 31.9 Å². The van der Waals surface area contributed by atoms with Crippen molar-refractivity contribution in [3.63, 3.8) is 0 Å². The van der Waals surface area contributed by atoms with Gasteiger partial charge in [0.15, 0.2) is 0 Å². The van der Waals surface area contributed by atoms with Crippen molar-refractivity contribution in [3.8, 4) is 11.5 Å². The van der Waals surface area contributed by atoms with Gasteiger partial charge >= 0.3 is 6.03 Å². The van der Waals surface area contributed by atoms with Crippen LogP contribution in [0, 0.1) is 0 Å². The molecule has 2 aromatic rings. The monoisotopic (exact) mass is 397 g/mol. The fourth-order valence-electron chi connectivity index (χ4n) is 4.95. The Morgan fingerprint density at radius 2 is 1.97 bits per heavy atom. The van der Waals surface area contributed by atoms with E-state index in [1.165, 1.54) is 19.3 Å². The van der Waals surface area contributed by atoms with Crippen LogP contribution < -0.4 is 10.6 Å². The molecule has 3 heterocycles. The predicted molar refractivity (Wildman–Crippen MR) is 113 cm³/mol. The number of benzene rings is 1. The molecule has 2 amide bonds. The molecule has 4 rings (SSSR count). The zero-order valence-corrected chi connectivity index (χ0v) is 17.4. The van der Waals surface area contributed by atoms with Gasteiger partial charge in [0.25, 0.3) is 0 Å². The van der Waals surface area contributed by atoms with E-state index in [4.69, 9.17) is 10.2 Å². The van der Waals surface area contributed by atoms with E-state index >= 15 is 0 Å². The van der Waals surface area contributed by atoms with Crippen molar-refractivity contribution < 1.29 is 9.21 Å². The minimum absolute atomic E-state index is 0.0858. The van der Waals surface area contributed by atoms with Gasteiger partial charge in [-0.2, -0.15) is 0 Å². The Hall–Kier alpha value is -2.41. The summed E-state index contributed by atoms with van der Waals surface area (Å²) >= 11 is 0. The molecule has 29 heavy (non-hydrogen) atoms. The van der Waals surface area contributed by atoms with E-state index in [-0.39, 0.29) is 6.04 Å². The van der Waals surface area contributed by atoms with E-state index < -0.39 is 6.03 Å². The van der Waals surface area contributed by atoms with Crippen LogP contribution in [0.1, 0.15) is 57.8 Å². The molecule has 2 aliphatic rings. The fourth-order valence-corrected chi connectivity index (χ4v) is 4.95. The summed E-state index contributed by atoms with van der Waals surface area (Å²) in [6, 6.07) is 8.40. The molecule has 1 unspecified atom stereocenters. The fraction of sp³-hybridized carbons (Fsp3) is 0.591. The Bertz CT molecular complexity index is 837. The maximum atomic E-state index is 12.6. The molecule has 3 atom stereocenters. The predicted octanol–water partition coefficient (Wildman–Crippen LogP) is 3.98. The normalized spacial score (nSPS) is 24.4. The Morgan fingerprint density at radius 3 is 2.66 bits per heavy atom. The molecule has 7 heteroatoms. The van der Waals surface area contributed by atoms with Gasteiger partial charge < -0.3 is 15.1 Å². The van der Waals surface area contributed by atoms with Gasteiger partial charge in [0.05, 0.1) is 11.3 Å². The van der Waals surface area contributed by atoms with Crippen LogP contribution in [-0.2, 0) is 6.42 Å². The largest absolute Gasteiger partial charge is 0.421 e. The van der Waals surface area contributed by atoms with Crippen LogP contribution in [0.5, 0.6) is 0 Å². The number of hydrogen-bond donors (Lipinski definition) is 1. The van der Waals surface area contributed by atoms with Crippen LogP contribution in [0.15, 0.2) is 28.7 Å². The van der Waals surface area contributed by atoms with Gasteiger partial charge in [0.2, 0.25) is 11.8 Å². The molecule has 7 nitrogen and oxygen atoms in total. The molecule has 1 aromatic carbocycles. The number of rotatable bonds is 6. The number of aromatic nitrogens is 2. The highest BCUT2D eigenvalue weighted by Crippen LogP contribution is 2.39. The lowest BCUT2D eigenvalue weighted by molar-refractivity contribution is 0.0564. The number of fused-ring (bicyclic) bond motifs is 2. The SMILES string of the molecule is CCCCc1nnc(-c2ccccc2N(C(N)=O)C2C[C@H]3CCC[C@@H](C2)N3C)o1. The van der Waals surface area contributed by atoms with Crippen LogP contribution in [0.25, 0.3) is 11.5 Å². The van der Waals surface area contributed by atoms with Gasteiger partial charge in [-0.25, -0.2) is 4.79 Å². The average Bonchev–Trinajstić information content (AvgIpc) is 3.16. The quantitative estimate of drug-likeness (QED) is 0.796. The van der Waals surface area contributed by atoms with Crippen LogP contribution >= 0.6 is 0 Å². The number of urea groups is 1. The molecule has 0 aliphatic carbocycles. The topological polar surface area (TPSA) is 88.5 Å². The maximum Gasteiger partial charge on any atom is 0.319 e. The molecule has 2 saturated heterocycles. The Morgan fingerprint density at radius 1 is 1.24 bits per heavy atom. The molecule has 0 spiro atoms. The molecule has 2 aliphatic heterocycles.